The number of rotatable bonds is 2. The predicted molar refractivity (Wildman–Crippen MR) is 57.5 cm³/mol. The lowest BCUT2D eigenvalue weighted by molar-refractivity contribution is -0.0880. The second-order valence-corrected chi connectivity index (χ2v) is 5.93. The molecule has 4 aliphatic rings. The Morgan fingerprint density at radius 3 is 1.86 bits per heavy atom. The van der Waals surface area contributed by atoms with E-state index < -0.39 is 0 Å². The first-order valence-corrected chi connectivity index (χ1v) is 6.24. The summed E-state index contributed by atoms with van der Waals surface area (Å²) in [6.07, 6.45) is 8.71. The van der Waals surface area contributed by atoms with Crippen LogP contribution in [0.4, 0.5) is 0 Å². The highest BCUT2D eigenvalue weighted by Crippen LogP contribution is 2.57. The van der Waals surface area contributed by atoms with Crippen LogP contribution in [-0.2, 0) is 0 Å². The molecule has 2 N–H and O–H groups in total. The number of hydrogen-bond acceptors (Lipinski definition) is 2. The molecule has 80 valence electrons. The van der Waals surface area contributed by atoms with Crippen molar-refractivity contribution in [3.63, 3.8) is 0 Å². The van der Waals surface area contributed by atoms with E-state index in [-0.39, 0.29) is 0 Å². The number of nitrogens with two attached hydrogens (primary N) is 1. The predicted octanol–water partition coefficient (Wildman–Crippen LogP) is 2.15. The van der Waals surface area contributed by atoms with Gasteiger partial charge in [-0.15, -0.1) is 0 Å². The maximum atomic E-state index is 6.21. The summed E-state index contributed by atoms with van der Waals surface area (Å²) in [6.45, 7) is 3.21. The van der Waals surface area contributed by atoms with Gasteiger partial charge in [-0.3, -0.25) is 5.84 Å². The highest BCUT2D eigenvalue weighted by Gasteiger charge is 2.52. The van der Waals surface area contributed by atoms with Gasteiger partial charge in [0, 0.05) is 12.1 Å². The average molecular weight is 194 g/mol. The molecule has 0 radical (unpaired) electrons. The molecule has 0 aromatic heterocycles. The molecule has 14 heavy (non-hydrogen) atoms. The van der Waals surface area contributed by atoms with Gasteiger partial charge in [-0.1, -0.05) is 6.92 Å². The van der Waals surface area contributed by atoms with E-state index in [1.807, 2.05) is 0 Å². The molecule has 2 heteroatoms. The third-order valence-corrected chi connectivity index (χ3v) is 4.96. The quantitative estimate of drug-likeness (QED) is 0.539. The zero-order valence-corrected chi connectivity index (χ0v) is 9.21. The molecule has 2 nitrogen and oxygen atoms in total. The molecule has 0 amide bonds. The van der Waals surface area contributed by atoms with Crippen LogP contribution in [-0.4, -0.2) is 17.1 Å². The lowest BCUT2D eigenvalue weighted by atomic mass is 9.53. The van der Waals surface area contributed by atoms with Gasteiger partial charge in [0.05, 0.1) is 0 Å². The Labute approximate surface area is 86.8 Å². The summed E-state index contributed by atoms with van der Waals surface area (Å²) in [5.74, 6) is 9.24. The molecule has 4 fully saturated rings. The standard InChI is InChI=1S/C12H22N2/c1-2-14(13)12-6-9-3-10(7-12)5-11(4-9)8-12/h9-11H,2-8,13H2,1H3. The van der Waals surface area contributed by atoms with Crippen LogP contribution in [0.1, 0.15) is 45.4 Å². The first kappa shape index (κ1) is 9.17. The van der Waals surface area contributed by atoms with E-state index in [0.717, 1.165) is 24.3 Å². The van der Waals surface area contributed by atoms with Gasteiger partial charge in [-0.05, 0) is 56.3 Å². The summed E-state index contributed by atoms with van der Waals surface area (Å²) in [6, 6.07) is 0. The normalized spacial score (nSPS) is 50.4. The molecule has 0 aliphatic heterocycles. The monoisotopic (exact) mass is 194 g/mol. The molecule has 0 atom stereocenters. The SMILES string of the molecule is CCN(N)C12CC3CC(CC(C3)C1)C2. The fraction of sp³-hybridized carbons (Fsp3) is 1.00. The second-order valence-electron chi connectivity index (χ2n) is 5.93. The Balaban J connectivity index is 1.87. The Bertz CT molecular complexity index is 201. The summed E-state index contributed by atoms with van der Waals surface area (Å²) in [5, 5.41) is 2.16. The zero-order chi connectivity index (χ0) is 9.76. The Kier molecular flexibility index (Phi) is 1.94. The van der Waals surface area contributed by atoms with Crippen LogP contribution in [0.25, 0.3) is 0 Å². The van der Waals surface area contributed by atoms with Crippen LogP contribution in [0, 0.1) is 17.8 Å². The molecule has 0 saturated heterocycles. The van der Waals surface area contributed by atoms with Gasteiger partial charge in [-0.2, -0.15) is 0 Å². The topological polar surface area (TPSA) is 29.3 Å². The fourth-order valence-corrected chi connectivity index (χ4v) is 4.75. The van der Waals surface area contributed by atoms with Crippen molar-refractivity contribution in [3.8, 4) is 0 Å². The van der Waals surface area contributed by atoms with Crippen molar-refractivity contribution in [1.82, 2.24) is 5.01 Å². The minimum atomic E-state index is 0.420. The van der Waals surface area contributed by atoms with Crippen molar-refractivity contribution in [2.75, 3.05) is 6.54 Å². The molecular weight excluding hydrogens is 172 g/mol. The molecule has 4 rings (SSSR count). The first-order valence-electron chi connectivity index (χ1n) is 6.24. The van der Waals surface area contributed by atoms with E-state index in [0.29, 0.717) is 5.54 Å². The van der Waals surface area contributed by atoms with Crippen molar-refractivity contribution >= 4 is 0 Å². The van der Waals surface area contributed by atoms with Gasteiger partial charge in [0.1, 0.15) is 0 Å². The average Bonchev–Trinajstić information content (AvgIpc) is 2.14. The van der Waals surface area contributed by atoms with Crippen molar-refractivity contribution in [2.24, 2.45) is 23.6 Å². The minimum absolute atomic E-state index is 0.420. The van der Waals surface area contributed by atoms with Gasteiger partial charge >= 0.3 is 0 Å². The van der Waals surface area contributed by atoms with Crippen LogP contribution in [0.3, 0.4) is 0 Å². The third kappa shape index (κ3) is 1.17. The maximum Gasteiger partial charge on any atom is 0.0359 e. The highest BCUT2D eigenvalue weighted by molar-refractivity contribution is 5.06. The molecule has 0 spiro atoms. The molecule has 0 aromatic rings. The van der Waals surface area contributed by atoms with E-state index in [2.05, 4.69) is 11.9 Å². The van der Waals surface area contributed by atoms with Crippen molar-refractivity contribution < 1.29 is 0 Å². The Morgan fingerprint density at radius 2 is 1.50 bits per heavy atom. The summed E-state index contributed by atoms with van der Waals surface area (Å²) >= 11 is 0. The first-order chi connectivity index (χ1) is 6.72. The van der Waals surface area contributed by atoms with Gasteiger partial charge in [0.15, 0.2) is 0 Å². The largest absolute Gasteiger partial charge is 0.268 e. The number of hydrazine groups is 1. The Hall–Kier alpha value is -0.0800. The van der Waals surface area contributed by atoms with Crippen LogP contribution >= 0.6 is 0 Å². The molecule has 0 heterocycles. The summed E-state index contributed by atoms with van der Waals surface area (Å²) < 4.78 is 0. The third-order valence-electron chi connectivity index (χ3n) is 4.96. The minimum Gasteiger partial charge on any atom is -0.268 e. The number of hydrogen-bond donors (Lipinski definition) is 1. The molecule has 4 bridgehead atoms. The van der Waals surface area contributed by atoms with Crippen LogP contribution in [0.15, 0.2) is 0 Å². The number of nitrogens with zero attached hydrogens (tertiary/aromatic N) is 1. The van der Waals surface area contributed by atoms with E-state index in [1.54, 1.807) is 0 Å². The van der Waals surface area contributed by atoms with Crippen molar-refractivity contribution in [3.05, 3.63) is 0 Å². The van der Waals surface area contributed by atoms with Gasteiger partial charge in [0.2, 0.25) is 0 Å². The smallest absolute Gasteiger partial charge is 0.0359 e. The summed E-state index contributed by atoms with van der Waals surface area (Å²) in [4.78, 5) is 0. The second kappa shape index (κ2) is 2.96. The molecule has 4 aliphatic carbocycles. The van der Waals surface area contributed by atoms with E-state index >= 15 is 0 Å². The molecule has 4 saturated carbocycles. The van der Waals surface area contributed by atoms with Gasteiger partial charge in [-0.25, -0.2) is 5.01 Å². The summed E-state index contributed by atoms with van der Waals surface area (Å²) in [7, 11) is 0. The highest BCUT2D eigenvalue weighted by atomic mass is 15.4. The Morgan fingerprint density at radius 1 is 1.07 bits per heavy atom. The van der Waals surface area contributed by atoms with Crippen LogP contribution in [0.2, 0.25) is 0 Å². The van der Waals surface area contributed by atoms with Crippen LogP contribution < -0.4 is 5.84 Å². The fourth-order valence-electron chi connectivity index (χ4n) is 4.75. The molecular formula is C12H22N2. The lowest BCUT2D eigenvalue weighted by Crippen LogP contribution is -2.62. The van der Waals surface area contributed by atoms with Crippen molar-refractivity contribution in [2.45, 2.75) is 51.0 Å². The molecule has 0 unspecified atom stereocenters. The van der Waals surface area contributed by atoms with Gasteiger partial charge in [0.25, 0.3) is 0 Å². The van der Waals surface area contributed by atoms with E-state index in [1.165, 1.54) is 38.5 Å². The summed E-state index contributed by atoms with van der Waals surface area (Å²) in [5.41, 5.74) is 0.420. The maximum absolute atomic E-state index is 6.21. The van der Waals surface area contributed by atoms with Crippen molar-refractivity contribution in [1.29, 1.82) is 0 Å². The van der Waals surface area contributed by atoms with E-state index in [9.17, 15) is 0 Å². The van der Waals surface area contributed by atoms with Gasteiger partial charge < -0.3 is 0 Å². The molecule has 0 aromatic carbocycles. The van der Waals surface area contributed by atoms with E-state index in [4.69, 9.17) is 5.84 Å². The lowest BCUT2D eigenvalue weighted by Gasteiger charge is -2.59. The van der Waals surface area contributed by atoms with Crippen LogP contribution in [0.5, 0.6) is 0 Å². The zero-order valence-electron chi connectivity index (χ0n) is 9.21.